The van der Waals surface area contributed by atoms with Crippen molar-refractivity contribution in [3.05, 3.63) is 28.0 Å². The van der Waals surface area contributed by atoms with Crippen LogP contribution in [-0.4, -0.2) is 21.0 Å². The molecule has 0 aliphatic heterocycles. The lowest BCUT2D eigenvalue weighted by atomic mass is 10.2. The molecule has 1 aromatic carbocycles. The normalized spacial score (nSPS) is 16.5. The minimum Gasteiger partial charge on any atom is -0.313 e. The summed E-state index contributed by atoms with van der Waals surface area (Å²) in [6.07, 6.45) is 3.66. The monoisotopic (exact) mass is 378 g/mol. The van der Waals surface area contributed by atoms with Crippen LogP contribution in [0.1, 0.15) is 38.2 Å². The van der Waals surface area contributed by atoms with Crippen LogP contribution >= 0.6 is 15.9 Å². The third kappa shape index (κ3) is 4.25. The lowest BCUT2D eigenvalue weighted by molar-refractivity contribution is 0.529. The minimum atomic E-state index is -3.83. The van der Waals surface area contributed by atoms with Crippen LogP contribution in [0.4, 0.5) is 4.39 Å². The van der Waals surface area contributed by atoms with Gasteiger partial charge >= 0.3 is 0 Å². The fourth-order valence-electron chi connectivity index (χ4n) is 2.53. The van der Waals surface area contributed by atoms with Crippen LogP contribution in [-0.2, 0) is 16.6 Å². The number of rotatable bonds is 6. The van der Waals surface area contributed by atoms with E-state index >= 15 is 0 Å². The van der Waals surface area contributed by atoms with E-state index in [1.54, 1.807) is 6.07 Å². The lowest BCUT2D eigenvalue weighted by Crippen LogP contribution is -2.33. The van der Waals surface area contributed by atoms with Gasteiger partial charge in [0.2, 0.25) is 10.0 Å². The molecule has 0 amide bonds. The van der Waals surface area contributed by atoms with E-state index in [0.29, 0.717) is 23.1 Å². The van der Waals surface area contributed by atoms with E-state index in [9.17, 15) is 12.8 Å². The average molecular weight is 379 g/mol. The van der Waals surface area contributed by atoms with E-state index in [1.165, 1.54) is 6.07 Å². The molecule has 0 aromatic heterocycles. The Labute approximate surface area is 133 Å². The number of benzene rings is 1. The average Bonchev–Trinajstić information content (AvgIpc) is 2.91. The molecule has 0 saturated heterocycles. The van der Waals surface area contributed by atoms with Gasteiger partial charge in [-0.05, 0) is 31.5 Å². The van der Waals surface area contributed by atoms with Crippen molar-refractivity contribution in [3.8, 4) is 0 Å². The maximum atomic E-state index is 14.5. The third-order valence-electron chi connectivity index (χ3n) is 3.61. The highest BCUT2D eigenvalue weighted by Crippen LogP contribution is 2.26. The van der Waals surface area contributed by atoms with E-state index in [4.69, 9.17) is 0 Å². The highest BCUT2D eigenvalue weighted by Gasteiger charge is 2.26. The largest absolute Gasteiger partial charge is 0.313 e. The Balaban J connectivity index is 2.30. The summed E-state index contributed by atoms with van der Waals surface area (Å²) in [5.74, 6) is -0.676. The number of hydrogen-bond donors (Lipinski definition) is 2. The molecule has 7 heteroatoms. The number of hydrogen-bond acceptors (Lipinski definition) is 3. The van der Waals surface area contributed by atoms with Crippen LogP contribution in [0.15, 0.2) is 21.5 Å². The summed E-state index contributed by atoms with van der Waals surface area (Å²) in [4.78, 5) is -0.281. The topological polar surface area (TPSA) is 58.2 Å². The quantitative estimate of drug-likeness (QED) is 0.799. The van der Waals surface area contributed by atoms with Crippen LogP contribution in [0.25, 0.3) is 0 Å². The molecule has 21 heavy (non-hydrogen) atoms. The van der Waals surface area contributed by atoms with E-state index < -0.39 is 15.8 Å². The molecule has 0 atom stereocenters. The van der Waals surface area contributed by atoms with Gasteiger partial charge in [0.05, 0.1) is 0 Å². The summed E-state index contributed by atoms with van der Waals surface area (Å²) in [7, 11) is -3.83. The van der Waals surface area contributed by atoms with Crippen molar-refractivity contribution >= 4 is 26.0 Å². The Kier molecular flexibility index (Phi) is 5.76. The van der Waals surface area contributed by atoms with Gasteiger partial charge in [-0.3, -0.25) is 0 Å². The Morgan fingerprint density at radius 2 is 2.00 bits per heavy atom. The number of sulfonamides is 1. The molecule has 1 fully saturated rings. The van der Waals surface area contributed by atoms with Crippen LogP contribution in [0.3, 0.4) is 0 Å². The van der Waals surface area contributed by atoms with Crippen LogP contribution in [0, 0.1) is 5.82 Å². The Hall–Kier alpha value is -0.500. The smallest absolute Gasteiger partial charge is 0.243 e. The maximum absolute atomic E-state index is 14.5. The SMILES string of the molecule is CCNCc1cc(Br)cc(S(=O)(=O)NC2CCCC2)c1F. The van der Waals surface area contributed by atoms with Gasteiger partial charge in [-0.15, -0.1) is 0 Å². The van der Waals surface area contributed by atoms with Crippen molar-refractivity contribution in [2.24, 2.45) is 0 Å². The molecular weight excluding hydrogens is 359 g/mol. The molecule has 1 aromatic rings. The van der Waals surface area contributed by atoms with Crippen molar-refractivity contribution in [1.82, 2.24) is 10.0 Å². The molecule has 2 rings (SSSR count). The molecule has 2 N–H and O–H groups in total. The minimum absolute atomic E-state index is 0.0781. The Morgan fingerprint density at radius 3 is 2.62 bits per heavy atom. The van der Waals surface area contributed by atoms with Gasteiger partial charge in [0, 0.05) is 22.6 Å². The van der Waals surface area contributed by atoms with Gasteiger partial charge in [0.15, 0.2) is 0 Å². The lowest BCUT2D eigenvalue weighted by Gasteiger charge is -2.15. The number of nitrogens with one attached hydrogen (secondary N) is 2. The van der Waals surface area contributed by atoms with E-state index in [0.717, 1.165) is 25.7 Å². The molecule has 118 valence electrons. The first-order valence-electron chi connectivity index (χ1n) is 7.15. The summed E-state index contributed by atoms with van der Waals surface area (Å²) in [5.41, 5.74) is 0.345. The predicted octanol–water partition coefficient (Wildman–Crippen LogP) is 2.92. The van der Waals surface area contributed by atoms with Gasteiger partial charge < -0.3 is 5.32 Å². The first-order chi connectivity index (χ1) is 9.94. The summed E-state index contributed by atoms with van der Waals surface area (Å²) in [6.45, 7) is 2.90. The van der Waals surface area contributed by atoms with E-state index in [2.05, 4.69) is 26.0 Å². The van der Waals surface area contributed by atoms with Crippen molar-refractivity contribution in [2.75, 3.05) is 6.54 Å². The van der Waals surface area contributed by atoms with Crippen LogP contribution < -0.4 is 10.0 Å². The highest BCUT2D eigenvalue weighted by atomic mass is 79.9. The second-order valence-corrected chi connectivity index (χ2v) is 7.86. The fraction of sp³-hybridized carbons (Fsp3) is 0.571. The molecule has 1 aliphatic rings. The summed E-state index contributed by atoms with van der Waals surface area (Å²) < 4.78 is 42.4. The molecular formula is C14H20BrFN2O2S. The third-order valence-corrected chi connectivity index (χ3v) is 5.59. The van der Waals surface area contributed by atoms with Crippen molar-refractivity contribution < 1.29 is 12.8 Å². The second-order valence-electron chi connectivity index (χ2n) is 5.26. The van der Waals surface area contributed by atoms with Gasteiger partial charge in [-0.2, -0.15) is 0 Å². The second kappa shape index (κ2) is 7.17. The summed E-state index contributed by atoms with van der Waals surface area (Å²) in [6, 6.07) is 2.85. The Morgan fingerprint density at radius 1 is 1.33 bits per heavy atom. The van der Waals surface area contributed by atoms with E-state index in [-0.39, 0.29) is 10.9 Å². The zero-order chi connectivity index (χ0) is 15.5. The molecule has 0 bridgehead atoms. The molecule has 1 saturated carbocycles. The first kappa shape index (κ1) is 16.9. The van der Waals surface area contributed by atoms with Crippen molar-refractivity contribution in [2.45, 2.75) is 50.1 Å². The molecule has 1 aliphatic carbocycles. The van der Waals surface area contributed by atoms with Crippen LogP contribution in [0.2, 0.25) is 0 Å². The van der Waals surface area contributed by atoms with Crippen molar-refractivity contribution in [3.63, 3.8) is 0 Å². The van der Waals surface area contributed by atoms with Gasteiger partial charge in [-0.1, -0.05) is 35.7 Å². The molecule has 0 unspecified atom stereocenters. The summed E-state index contributed by atoms with van der Waals surface area (Å²) >= 11 is 3.26. The van der Waals surface area contributed by atoms with Crippen LogP contribution in [0.5, 0.6) is 0 Å². The fourth-order valence-corrected chi connectivity index (χ4v) is 4.64. The molecule has 0 spiro atoms. The van der Waals surface area contributed by atoms with Gasteiger partial charge in [0.25, 0.3) is 0 Å². The molecule has 4 nitrogen and oxygen atoms in total. The zero-order valence-electron chi connectivity index (χ0n) is 12.0. The Bertz CT molecular complexity index is 601. The molecule has 0 heterocycles. The standard InChI is InChI=1S/C14H20BrFN2O2S/c1-2-17-9-10-7-11(15)8-13(14(10)16)21(19,20)18-12-5-3-4-6-12/h7-8,12,17-18H,2-6,9H2,1H3. The zero-order valence-corrected chi connectivity index (χ0v) is 14.4. The van der Waals surface area contributed by atoms with E-state index in [1.807, 2.05) is 6.92 Å². The van der Waals surface area contributed by atoms with Gasteiger partial charge in [-0.25, -0.2) is 17.5 Å². The maximum Gasteiger partial charge on any atom is 0.243 e. The first-order valence-corrected chi connectivity index (χ1v) is 9.42. The predicted molar refractivity (Wildman–Crippen MR) is 84.1 cm³/mol. The number of halogens is 2. The summed E-state index contributed by atoms with van der Waals surface area (Å²) in [5, 5.41) is 3.01. The highest BCUT2D eigenvalue weighted by molar-refractivity contribution is 9.10. The molecule has 0 radical (unpaired) electrons. The van der Waals surface area contributed by atoms with Crippen molar-refractivity contribution in [1.29, 1.82) is 0 Å². The van der Waals surface area contributed by atoms with Gasteiger partial charge in [0.1, 0.15) is 10.7 Å².